The number of ether oxygens (including phenoxy) is 6. The van der Waals surface area contributed by atoms with Gasteiger partial charge < -0.3 is 39.1 Å². The summed E-state index contributed by atoms with van der Waals surface area (Å²) in [4.78, 5) is 0. The Hall–Kier alpha value is -1.82. The quantitative estimate of drug-likeness (QED) is 0.0941. The van der Waals surface area contributed by atoms with Crippen LogP contribution in [-0.4, -0.2) is 64.5 Å². The van der Waals surface area contributed by atoms with Gasteiger partial charge in [0.25, 0.3) is 0 Å². The predicted octanol–water partition coefficient (Wildman–Crippen LogP) is 6.56. The van der Waals surface area contributed by atoms with Gasteiger partial charge in [0.15, 0.2) is 23.0 Å². The predicted molar refractivity (Wildman–Crippen MR) is 172 cm³/mol. The average Bonchev–Trinajstić information content (AvgIpc) is 3.68. The van der Waals surface area contributed by atoms with E-state index < -0.39 is 0 Å². The van der Waals surface area contributed by atoms with Crippen molar-refractivity contribution in [3.05, 3.63) is 47.5 Å². The SMILES string of the molecule is c1cc2c(cc1COCCCCCCNCCSSCCNCCCCCCOCc1ccc3c(c1)OCO3)OCO2. The van der Waals surface area contributed by atoms with Gasteiger partial charge in [0, 0.05) is 37.8 Å². The van der Waals surface area contributed by atoms with Crippen molar-refractivity contribution in [3.63, 3.8) is 0 Å². The molecule has 2 aliphatic heterocycles. The number of nitrogens with one attached hydrogen (secondary N) is 2. The average molecular weight is 621 g/mol. The van der Waals surface area contributed by atoms with Crippen LogP contribution in [0.25, 0.3) is 0 Å². The fourth-order valence-electron chi connectivity index (χ4n) is 4.65. The van der Waals surface area contributed by atoms with E-state index in [2.05, 4.69) is 10.6 Å². The number of benzene rings is 2. The summed E-state index contributed by atoms with van der Waals surface area (Å²) in [6, 6.07) is 12.0. The van der Waals surface area contributed by atoms with Gasteiger partial charge in [0.2, 0.25) is 13.6 Å². The first-order valence-electron chi connectivity index (χ1n) is 15.5. The van der Waals surface area contributed by atoms with Crippen LogP contribution in [-0.2, 0) is 22.7 Å². The monoisotopic (exact) mass is 620 g/mol. The zero-order valence-electron chi connectivity index (χ0n) is 24.9. The molecule has 0 spiro atoms. The lowest BCUT2D eigenvalue weighted by atomic mass is 10.2. The third-order valence-electron chi connectivity index (χ3n) is 7.00. The molecule has 0 radical (unpaired) electrons. The molecule has 0 bridgehead atoms. The molecule has 0 aliphatic carbocycles. The van der Waals surface area contributed by atoms with Gasteiger partial charge in [0.1, 0.15) is 0 Å². The van der Waals surface area contributed by atoms with Gasteiger partial charge in [-0.3, -0.25) is 0 Å². The Morgan fingerprint density at radius 1 is 0.524 bits per heavy atom. The van der Waals surface area contributed by atoms with Gasteiger partial charge in [-0.05, 0) is 74.2 Å². The highest BCUT2D eigenvalue weighted by Gasteiger charge is 2.14. The van der Waals surface area contributed by atoms with Crippen molar-refractivity contribution < 1.29 is 28.4 Å². The number of hydrogen-bond acceptors (Lipinski definition) is 10. The van der Waals surface area contributed by atoms with E-state index in [1.165, 1.54) is 38.5 Å². The van der Waals surface area contributed by atoms with E-state index in [4.69, 9.17) is 28.4 Å². The van der Waals surface area contributed by atoms with Gasteiger partial charge in [-0.25, -0.2) is 0 Å². The fourth-order valence-corrected chi connectivity index (χ4v) is 6.55. The van der Waals surface area contributed by atoms with Crippen molar-refractivity contribution in [2.45, 2.75) is 64.6 Å². The number of rotatable bonds is 25. The summed E-state index contributed by atoms with van der Waals surface area (Å²) >= 11 is 0. The Balaban J connectivity index is 0.802. The molecular formula is C32H48N2O6S2. The summed E-state index contributed by atoms with van der Waals surface area (Å²) in [5.41, 5.74) is 2.27. The van der Waals surface area contributed by atoms with Crippen LogP contribution in [0.3, 0.4) is 0 Å². The number of unbranched alkanes of at least 4 members (excludes halogenated alkanes) is 6. The van der Waals surface area contributed by atoms with Gasteiger partial charge in [-0.2, -0.15) is 0 Å². The minimum absolute atomic E-state index is 0.315. The molecular weight excluding hydrogens is 572 g/mol. The Labute approximate surface area is 259 Å². The molecule has 2 aromatic carbocycles. The Kier molecular flexibility index (Phi) is 16.5. The molecule has 2 aliphatic rings. The van der Waals surface area contributed by atoms with Crippen molar-refractivity contribution >= 4 is 21.6 Å². The zero-order chi connectivity index (χ0) is 28.9. The van der Waals surface area contributed by atoms with Crippen LogP contribution in [0.4, 0.5) is 0 Å². The van der Waals surface area contributed by atoms with E-state index in [0.717, 1.165) is 97.9 Å². The first-order valence-corrected chi connectivity index (χ1v) is 18.0. The molecule has 234 valence electrons. The molecule has 8 nitrogen and oxygen atoms in total. The summed E-state index contributed by atoms with van der Waals surface area (Å²) in [6.45, 7) is 7.90. The molecule has 0 saturated carbocycles. The maximum absolute atomic E-state index is 5.81. The normalized spacial score (nSPS) is 13.2. The molecule has 0 amide bonds. The van der Waals surface area contributed by atoms with E-state index >= 15 is 0 Å². The molecule has 0 atom stereocenters. The molecule has 2 heterocycles. The van der Waals surface area contributed by atoms with E-state index in [-0.39, 0.29) is 0 Å². The molecule has 0 saturated heterocycles. The maximum atomic E-state index is 5.81. The summed E-state index contributed by atoms with van der Waals surface area (Å²) in [5.74, 6) is 5.62. The third-order valence-corrected chi connectivity index (χ3v) is 9.41. The van der Waals surface area contributed by atoms with Crippen LogP contribution in [0.5, 0.6) is 23.0 Å². The van der Waals surface area contributed by atoms with Crippen LogP contribution in [0.2, 0.25) is 0 Å². The maximum Gasteiger partial charge on any atom is 0.231 e. The molecule has 2 N–H and O–H groups in total. The topological polar surface area (TPSA) is 79.4 Å². The lowest BCUT2D eigenvalue weighted by Crippen LogP contribution is -2.19. The van der Waals surface area contributed by atoms with Crippen LogP contribution < -0.4 is 29.6 Å². The minimum Gasteiger partial charge on any atom is -0.454 e. The summed E-state index contributed by atoms with van der Waals surface area (Å²) in [5, 5.41) is 7.14. The van der Waals surface area contributed by atoms with E-state index in [1.54, 1.807) is 0 Å². The number of hydrogen-bond donors (Lipinski definition) is 2. The van der Waals surface area contributed by atoms with Gasteiger partial charge >= 0.3 is 0 Å². The lowest BCUT2D eigenvalue weighted by Gasteiger charge is -2.07. The van der Waals surface area contributed by atoms with Crippen molar-refractivity contribution in [2.75, 3.05) is 64.5 Å². The molecule has 2 aromatic rings. The van der Waals surface area contributed by atoms with E-state index in [0.29, 0.717) is 26.8 Å². The first kappa shape index (κ1) is 33.1. The highest BCUT2D eigenvalue weighted by Crippen LogP contribution is 2.33. The van der Waals surface area contributed by atoms with E-state index in [1.807, 2.05) is 58.0 Å². The molecule has 4 rings (SSSR count). The second-order valence-electron chi connectivity index (χ2n) is 10.5. The van der Waals surface area contributed by atoms with Crippen LogP contribution >= 0.6 is 21.6 Å². The van der Waals surface area contributed by atoms with Crippen LogP contribution in [0.15, 0.2) is 36.4 Å². The third kappa shape index (κ3) is 13.2. The van der Waals surface area contributed by atoms with Gasteiger partial charge in [0.05, 0.1) is 13.2 Å². The highest BCUT2D eigenvalue weighted by molar-refractivity contribution is 8.76. The molecule has 0 unspecified atom stereocenters. The smallest absolute Gasteiger partial charge is 0.231 e. The molecule has 0 aromatic heterocycles. The molecule has 42 heavy (non-hydrogen) atoms. The molecule has 10 heteroatoms. The second kappa shape index (κ2) is 21.0. The van der Waals surface area contributed by atoms with Crippen molar-refractivity contribution in [1.82, 2.24) is 10.6 Å². The first-order chi connectivity index (χ1) is 20.9. The number of fused-ring (bicyclic) bond motifs is 2. The Morgan fingerprint density at radius 2 is 0.976 bits per heavy atom. The van der Waals surface area contributed by atoms with Crippen molar-refractivity contribution in [1.29, 1.82) is 0 Å². The standard InChI is InChI=1S/C32H48N2O6S2/c1(3-7-17-35-23-27-9-11-29-31(21-27)39-25-37-29)5-13-33-15-19-41-42-20-16-34-14-6-2-4-8-18-36-24-28-10-12-30-32(22-28)40-26-38-30/h9-12,21-22,33-34H,1-8,13-20,23-26H2. The Bertz CT molecular complexity index is 935. The summed E-state index contributed by atoms with van der Waals surface area (Å²) in [7, 11) is 3.95. The van der Waals surface area contributed by atoms with Crippen LogP contribution in [0.1, 0.15) is 62.5 Å². The summed E-state index contributed by atoms with van der Waals surface area (Å²) in [6.07, 6.45) is 9.65. The van der Waals surface area contributed by atoms with Gasteiger partial charge in [-0.1, -0.05) is 59.4 Å². The van der Waals surface area contributed by atoms with Crippen molar-refractivity contribution in [3.8, 4) is 23.0 Å². The largest absolute Gasteiger partial charge is 0.454 e. The van der Waals surface area contributed by atoms with Crippen molar-refractivity contribution in [2.24, 2.45) is 0 Å². The molecule has 0 fully saturated rings. The lowest BCUT2D eigenvalue weighted by molar-refractivity contribution is 0.116. The minimum atomic E-state index is 0.315. The zero-order valence-corrected chi connectivity index (χ0v) is 26.5. The highest BCUT2D eigenvalue weighted by atomic mass is 33.1. The second-order valence-corrected chi connectivity index (χ2v) is 13.2. The van der Waals surface area contributed by atoms with Crippen LogP contribution in [0, 0.1) is 0 Å². The van der Waals surface area contributed by atoms with E-state index in [9.17, 15) is 0 Å². The van der Waals surface area contributed by atoms with Gasteiger partial charge in [-0.15, -0.1) is 0 Å². The Morgan fingerprint density at radius 3 is 1.48 bits per heavy atom. The fraction of sp³-hybridized carbons (Fsp3) is 0.625. The summed E-state index contributed by atoms with van der Waals surface area (Å²) < 4.78 is 33.1.